The van der Waals surface area contributed by atoms with Crippen molar-refractivity contribution < 1.29 is 31.9 Å². The molecule has 3 fully saturated rings. The van der Waals surface area contributed by atoms with E-state index in [9.17, 15) is 23.2 Å². The van der Waals surface area contributed by atoms with E-state index in [1.807, 2.05) is 30.3 Å². The van der Waals surface area contributed by atoms with Gasteiger partial charge in [-0.25, -0.2) is 17.6 Å². The fraction of sp³-hybridized carbons (Fsp3) is 0.500. The minimum absolute atomic E-state index is 0.0520. The average molecular weight is 811 g/mol. The van der Waals surface area contributed by atoms with Gasteiger partial charge in [0, 0.05) is 72.9 Å². The molecule has 0 radical (unpaired) electrons. The molecule has 5 aliphatic heterocycles. The van der Waals surface area contributed by atoms with Crippen LogP contribution in [0.3, 0.4) is 0 Å². The Morgan fingerprint density at radius 2 is 1.51 bits per heavy atom. The molecule has 10 rings (SSSR count). The van der Waals surface area contributed by atoms with Gasteiger partial charge in [-0.15, -0.1) is 0 Å². The Hall–Kier alpha value is -4.59. The van der Waals surface area contributed by atoms with Crippen molar-refractivity contribution in [2.24, 2.45) is 5.92 Å². The minimum Gasteiger partial charge on any atom is -0.357 e. The Balaban J connectivity index is 0.731. The molecule has 6 aliphatic rings. The lowest BCUT2D eigenvalue weighted by Crippen LogP contribution is -2.52. The number of hydrogen-bond acceptors (Lipinski definition) is 6. The minimum atomic E-state index is -2.63. The van der Waals surface area contributed by atoms with Crippen LogP contribution in [0.5, 0.6) is 0 Å². The van der Waals surface area contributed by atoms with Crippen LogP contribution in [0.4, 0.5) is 17.6 Å². The van der Waals surface area contributed by atoms with Gasteiger partial charge in [-0.2, -0.15) is 0 Å². The molecule has 1 aromatic heterocycles. The number of imide groups is 1. The van der Waals surface area contributed by atoms with Crippen molar-refractivity contribution >= 4 is 28.6 Å². The molecular weight excluding hydrogens is 761 g/mol. The normalized spacial score (nSPS) is 25.8. The van der Waals surface area contributed by atoms with Crippen molar-refractivity contribution in [2.45, 2.75) is 108 Å². The number of carbonyl (C=O) groups excluding carboxylic acids is 3. The number of rotatable bonds is 8. The van der Waals surface area contributed by atoms with Gasteiger partial charge in [0.25, 0.3) is 12.3 Å². The van der Waals surface area contributed by atoms with Gasteiger partial charge in [-0.05, 0) is 128 Å². The monoisotopic (exact) mass is 810 g/mol. The molecule has 13 heteroatoms. The Bertz CT molecular complexity index is 2290. The lowest BCUT2D eigenvalue weighted by molar-refractivity contribution is -0.136. The lowest BCUT2D eigenvalue weighted by atomic mass is 9.78. The van der Waals surface area contributed by atoms with Crippen molar-refractivity contribution in [1.29, 1.82) is 0 Å². The predicted octanol–water partition coefficient (Wildman–Crippen LogP) is 7.17. The summed E-state index contributed by atoms with van der Waals surface area (Å²) in [7, 11) is 0. The summed E-state index contributed by atoms with van der Waals surface area (Å²) in [6, 6.07) is 13.7. The van der Waals surface area contributed by atoms with E-state index in [0.717, 1.165) is 93.3 Å². The number of halogens is 4. The Morgan fingerprint density at radius 3 is 2.24 bits per heavy atom. The van der Waals surface area contributed by atoms with Crippen molar-refractivity contribution in [1.82, 2.24) is 29.9 Å². The molecule has 2 saturated heterocycles. The van der Waals surface area contributed by atoms with E-state index in [-0.39, 0.29) is 35.6 Å². The van der Waals surface area contributed by atoms with E-state index in [2.05, 4.69) is 26.2 Å². The standard InChI is InChI=1S/C46H50F4N6O3/c47-36-19-28(20-37(48)42(36)44-43-34(13-16-54(44)25-40(49)50)33-3-1-2-4-38(33)51-43)27-7-5-26(6-8-27)21-53-14-11-32(12-15-53)55-22-29-17-31-24-56(39-9-10-41(57)52-45(39)58)46(59)35(31)18-30(29)23-55/h1-4,17-20,26-27,32,39-40,44,51H,5-16,21-25H2,(H,52,57,58). The third-order valence-electron chi connectivity index (χ3n) is 14.4. The number of aromatic nitrogens is 1. The molecule has 2 unspecified atom stereocenters. The van der Waals surface area contributed by atoms with Crippen molar-refractivity contribution in [3.63, 3.8) is 0 Å². The van der Waals surface area contributed by atoms with Gasteiger partial charge in [0.1, 0.15) is 17.7 Å². The first kappa shape index (κ1) is 38.6. The zero-order valence-corrected chi connectivity index (χ0v) is 33.1. The Kier molecular flexibility index (Phi) is 10.1. The number of carbonyl (C=O) groups is 3. The summed E-state index contributed by atoms with van der Waals surface area (Å²) in [5, 5.41) is 3.34. The number of hydrogen-bond donors (Lipinski definition) is 2. The fourth-order valence-corrected chi connectivity index (χ4v) is 11.4. The topological polar surface area (TPSA) is 92.0 Å². The molecule has 6 heterocycles. The number of para-hydroxylation sites is 1. The van der Waals surface area contributed by atoms with Gasteiger partial charge < -0.3 is 14.8 Å². The summed E-state index contributed by atoms with van der Waals surface area (Å²) in [4.78, 5) is 49.1. The highest BCUT2D eigenvalue weighted by Gasteiger charge is 2.41. The molecule has 3 amide bonds. The molecule has 3 aromatic carbocycles. The molecule has 9 nitrogen and oxygen atoms in total. The van der Waals surface area contributed by atoms with Crippen LogP contribution in [0.1, 0.15) is 113 Å². The number of piperidine rings is 2. The van der Waals surface area contributed by atoms with Crippen LogP contribution < -0.4 is 5.32 Å². The maximum atomic E-state index is 16.2. The second-order valence-corrected chi connectivity index (χ2v) is 17.8. The summed E-state index contributed by atoms with van der Waals surface area (Å²) in [6.07, 6.45) is 4.35. The predicted molar refractivity (Wildman–Crippen MR) is 214 cm³/mol. The van der Waals surface area contributed by atoms with Gasteiger partial charge in [0.05, 0.1) is 12.6 Å². The molecule has 1 aliphatic carbocycles. The molecule has 2 atom stereocenters. The highest BCUT2D eigenvalue weighted by atomic mass is 19.3. The molecule has 59 heavy (non-hydrogen) atoms. The van der Waals surface area contributed by atoms with Crippen LogP contribution in [0.2, 0.25) is 0 Å². The molecule has 4 aromatic rings. The van der Waals surface area contributed by atoms with E-state index in [1.165, 1.54) is 28.2 Å². The highest BCUT2D eigenvalue weighted by molar-refractivity contribution is 6.05. The summed E-state index contributed by atoms with van der Waals surface area (Å²) in [5.41, 5.74) is 6.94. The van der Waals surface area contributed by atoms with Crippen LogP contribution in [-0.4, -0.2) is 93.5 Å². The fourth-order valence-electron chi connectivity index (χ4n) is 11.4. The zero-order valence-electron chi connectivity index (χ0n) is 33.1. The number of likely N-dealkylation sites (tertiary alicyclic amines) is 1. The maximum Gasteiger partial charge on any atom is 0.255 e. The van der Waals surface area contributed by atoms with Gasteiger partial charge >= 0.3 is 0 Å². The van der Waals surface area contributed by atoms with E-state index in [0.29, 0.717) is 54.7 Å². The van der Waals surface area contributed by atoms with Crippen LogP contribution >= 0.6 is 0 Å². The molecule has 310 valence electrons. The second kappa shape index (κ2) is 15.5. The van der Waals surface area contributed by atoms with Gasteiger partial charge in [0.15, 0.2) is 0 Å². The quantitative estimate of drug-likeness (QED) is 0.145. The van der Waals surface area contributed by atoms with E-state index in [1.54, 1.807) is 4.90 Å². The number of nitrogens with zero attached hydrogens (tertiary/aromatic N) is 4. The SMILES string of the molecule is O=C1CCC(N2Cc3cc4c(cc3C2=O)CN(C2CCN(CC3CCC(c5cc(F)c(C6c7[nH]c8ccccc8c7CCN6CC(F)F)c(F)c5)CC3)CC2)C4)C(=O)N1. The van der Waals surface area contributed by atoms with E-state index in [4.69, 9.17) is 0 Å². The van der Waals surface area contributed by atoms with Crippen molar-refractivity contribution in [3.8, 4) is 0 Å². The third-order valence-corrected chi connectivity index (χ3v) is 14.4. The molecule has 1 saturated carbocycles. The average Bonchev–Trinajstić information content (AvgIpc) is 3.90. The zero-order chi connectivity index (χ0) is 40.5. The summed E-state index contributed by atoms with van der Waals surface area (Å²) in [5.74, 6) is -1.57. The molecule has 0 bridgehead atoms. The lowest BCUT2D eigenvalue weighted by Gasteiger charge is -2.39. The van der Waals surface area contributed by atoms with Crippen LogP contribution in [0.15, 0.2) is 48.5 Å². The third kappa shape index (κ3) is 7.16. The van der Waals surface area contributed by atoms with Gasteiger partial charge in [0.2, 0.25) is 11.8 Å². The number of amides is 3. The largest absolute Gasteiger partial charge is 0.357 e. The highest BCUT2D eigenvalue weighted by Crippen LogP contribution is 2.43. The number of fused-ring (bicyclic) bond motifs is 5. The summed E-state index contributed by atoms with van der Waals surface area (Å²) in [6.45, 7) is 4.85. The Morgan fingerprint density at radius 1 is 0.780 bits per heavy atom. The Labute approximate surface area is 341 Å². The number of alkyl halides is 2. The molecular formula is C46H50F4N6O3. The first-order chi connectivity index (χ1) is 28.6. The van der Waals surface area contributed by atoms with Crippen LogP contribution in [0, 0.1) is 17.6 Å². The first-order valence-corrected chi connectivity index (χ1v) is 21.4. The first-order valence-electron chi connectivity index (χ1n) is 21.4. The summed E-state index contributed by atoms with van der Waals surface area (Å²) < 4.78 is 59.8. The van der Waals surface area contributed by atoms with Gasteiger partial charge in [-0.1, -0.05) is 24.3 Å². The van der Waals surface area contributed by atoms with Crippen LogP contribution in [0.25, 0.3) is 10.9 Å². The number of aromatic amines is 1. The number of benzene rings is 3. The maximum absolute atomic E-state index is 16.2. The van der Waals surface area contributed by atoms with Crippen molar-refractivity contribution in [3.05, 3.63) is 105 Å². The van der Waals surface area contributed by atoms with E-state index < -0.39 is 36.7 Å². The molecule has 0 spiro atoms. The van der Waals surface area contributed by atoms with Crippen LogP contribution in [-0.2, 0) is 35.6 Å². The second-order valence-electron chi connectivity index (χ2n) is 17.8. The number of H-pyrrole nitrogens is 1. The summed E-state index contributed by atoms with van der Waals surface area (Å²) >= 11 is 0. The van der Waals surface area contributed by atoms with Crippen molar-refractivity contribution in [2.75, 3.05) is 32.7 Å². The van der Waals surface area contributed by atoms with Gasteiger partial charge in [-0.3, -0.25) is 29.5 Å². The van der Waals surface area contributed by atoms with E-state index >= 15 is 8.78 Å². The number of nitrogens with one attached hydrogen (secondary N) is 2. The smallest absolute Gasteiger partial charge is 0.255 e. The molecule has 2 N–H and O–H groups in total.